The molecular weight excluding hydrogens is 258 g/mol. The maximum Gasteiger partial charge on any atom is 0.269 e. The Kier molecular flexibility index (Phi) is 4.05. The summed E-state index contributed by atoms with van der Waals surface area (Å²) in [6.45, 7) is 2.38. The molecule has 0 aliphatic carbocycles. The summed E-state index contributed by atoms with van der Waals surface area (Å²) in [4.78, 5) is 26.7. The van der Waals surface area contributed by atoms with Crippen molar-refractivity contribution in [1.29, 1.82) is 0 Å². The lowest BCUT2D eigenvalue weighted by atomic mass is 10.1. The first-order valence-electron chi connectivity index (χ1n) is 6.08. The van der Waals surface area contributed by atoms with Crippen LogP contribution in [-0.2, 0) is 4.79 Å². The lowest BCUT2D eigenvalue weighted by molar-refractivity contribution is -0.384. The largest absolute Gasteiger partial charge is 0.300 e. The van der Waals surface area contributed by atoms with E-state index in [1.165, 1.54) is 17.0 Å². The maximum absolute atomic E-state index is 10.9. The summed E-state index contributed by atoms with van der Waals surface area (Å²) in [5.74, 6) is 0.554. The monoisotopic (exact) mass is 271 g/mol. The van der Waals surface area contributed by atoms with Crippen molar-refractivity contribution in [3.05, 3.63) is 52.7 Å². The SMILES string of the molecule is CCN(C=O)c1cc(-c2ccc([N+](=O)[O-])cc2)ccn1. The van der Waals surface area contributed by atoms with E-state index in [1.54, 1.807) is 30.5 Å². The van der Waals surface area contributed by atoms with Crippen molar-refractivity contribution in [2.75, 3.05) is 11.4 Å². The van der Waals surface area contributed by atoms with Crippen LogP contribution in [0.2, 0.25) is 0 Å². The molecule has 102 valence electrons. The van der Waals surface area contributed by atoms with Gasteiger partial charge >= 0.3 is 0 Å². The maximum atomic E-state index is 10.9. The van der Waals surface area contributed by atoms with Crippen LogP contribution in [0.25, 0.3) is 11.1 Å². The molecule has 6 heteroatoms. The van der Waals surface area contributed by atoms with E-state index in [0.29, 0.717) is 12.4 Å². The molecule has 0 saturated carbocycles. The lowest BCUT2D eigenvalue weighted by Gasteiger charge is -2.14. The molecule has 0 unspecified atom stereocenters. The molecule has 0 N–H and O–H groups in total. The van der Waals surface area contributed by atoms with E-state index in [1.807, 2.05) is 6.92 Å². The van der Waals surface area contributed by atoms with E-state index in [2.05, 4.69) is 4.98 Å². The molecule has 2 rings (SSSR count). The molecule has 0 atom stereocenters. The van der Waals surface area contributed by atoms with Crippen molar-refractivity contribution in [3.63, 3.8) is 0 Å². The number of anilines is 1. The molecule has 0 radical (unpaired) electrons. The van der Waals surface area contributed by atoms with Gasteiger partial charge < -0.3 is 0 Å². The van der Waals surface area contributed by atoms with Crippen LogP contribution in [0.3, 0.4) is 0 Å². The number of nitro benzene ring substituents is 1. The molecule has 0 fully saturated rings. The molecule has 0 bridgehead atoms. The van der Waals surface area contributed by atoms with Crippen molar-refractivity contribution >= 4 is 17.9 Å². The van der Waals surface area contributed by atoms with Crippen LogP contribution in [0.5, 0.6) is 0 Å². The van der Waals surface area contributed by atoms with Crippen LogP contribution in [-0.4, -0.2) is 22.9 Å². The number of amides is 1. The average molecular weight is 271 g/mol. The predicted octanol–water partition coefficient (Wildman–Crippen LogP) is 2.64. The molecule has 20 heavy (non-hydrogen) atoms. The fraction of sp³-hybridized carbons (Fsp3) is 0.143. The number of nitro groups is 1. The number of benzene rings is 1. The zero-order valence-corrected chi connectivity index (χ0v) is 10.9. The van der Waals surface area contributed by atoms with Gasteiger partial charge in [0, 0.05) is 24.9 Å². The lowest BCUT2D eigenvalue weighted by Crippen LogP contribution is -2.21. The Labute approximate surface area is 115 Å². The van der Waals surface area contributed by atoms with Gasteiger partial charge in [-0.2, -0.15) is 0 Å². The molecule has 0 aliphatic heterocycles. The minimum atomic E-state index is -0.438. The van der Waals surface area contributed by atoms with E-state index >= 15 is 0 Å². The second-order valence-corrected chi connectivity index (χ2v) is 4.10. The molecular formula is C14H13N3O3. The third-order valence-electron chi connectivity index (χ3n) is 2.92. The topological polar surface area (TPSA) is 76.3 Å². The zero-order chi connectivity index (χ0) is 14.5. The highest BCUT2D eigenvalue weighted by molar-refractivity contribution is 5.76. The summed E-state index contributed by atoms with van der Waals surface area (Å²) in [7, 11) is 0. The van der Waals surface area contributed by atoms with Gasteiger partial charge in [-0.25, -0.2) is 4.98 Å². The van der Waals surface area contributed by atoms with Crippen molar-refractivity contribution in [2.45, 2.75) is 6.92 Å². The van der Waals surface area contributed by atoms with Gasteiger partial charge in [0.2, 0.25) is 6.41 Å². The van der Waals surface area contributed by atoms with E-state index < -0.39 is 4.92 Å². The summed E-state index contributed by atoms with van der Waals surface area (Å²) in [5.41, 5.74) is 1.73. The average Bonchev–Trinajstić information content (AvgIpc) is 2.49. The van der Waals surface area contributed by atoms with Crippen molar-refractivity contribution in [1.82, 2.24) is 4.98 Å². The normalized spacial score (nSPS) is 10.1. The fourth-order valence-electron chi connectivity index (χ4n) is 1.82. The van der Waals surface area contributed by atoms with Gasteiger partial charge in [0.05, 0.1) is 4.92 Å². The Balaban J connectivity index is 2.35. The van der Waals surface area contributed by atoms with Gasteiger partial charge in [-0.1, -0.05) is 0 Å². The highest BCUT2D eigenvalue weighted by Crippen LogP contribution is 2.24. The summed E-state index contributed by atoms with van der Waals surface area (Å²) in [5, 5.41) is 10.6. The Morgan fingerprint density at radius 3 is 2.50 bits per heavy atom. The highest BCUT2D eigenvalue weighted by atomic mass is 16.6. The molecule has 6 nitrogen and oxygen atoms in total. The van der Waals surface area contributed by atoms with Crippen molar-refractivity contribution in [3.8, 4) is 11.1 Å². The van der Waals surface area contributed by atoms with Crippen LogP contribution in [0.15, 0.2) is 42.6 Å². The molecule has 1 amide bonds. The number of carbonyl (C=O) groups excluding carboxylic acids is 1. The number of non-ortho nitro benzene ring substituents is 1. The molecule has 1 heterocycles. The zero-order valence-electron chi connectivity index (χ0n) is 10.9. The number of carbonyl (C=O) groups is 1. The minimum absolute atomic E-state index is 0.0473. The number of hydrogen-bond donors (Lipinski definition) is 0. The van der Waals surface area contributed by atoms with Gasteiger partial charge in [0.1, 0.15) is 5.82 Å². The van der Waals surface area contributed by atoms with Crippen LogP contribution in [0, 0.1) is 10.1 Å². The fourth-order valence-corrected chi connectivity index (χ4v) is 1.82. The smallest absolute Gasteiger partial charge is 0.269 e. The van der Waals surface area contributed by atoms with Crippen molar-refractivity contribution < 1.29 is 9.72 Å². The first-order valence-corrected chi connectivity index (χ1v) is 6.08. The van der Waals surface area contributed by atoms with Gasteiger partial charge in [0.25, 0.3) is 5.69 Å². The Morgan fingerprint density at radius 2 is 1.95 bits per heavy atom. The Bertz CT molecular complexity index is 626. The van der Waals surface area contributed by atoms with Gasteiger partial charge in [-0.05, 0) is 42.3 Å². The van der Waals surface area contributed by atoms with Crippen LogP contribution in [0.4, 0.5) is 11.5 Å². The predicted molar refractivity (Wildman–Crippen MR) is 75.4 cm³/mol. The van der Waals surface area contributed by atoms with E-state index in [-0.39, 0.29) is 5.69 Å². The van der Waals surface area contributed by atoms with Crippen LogP contribution < -0.4 is 4.90 Å². The van der Waals surface area contributed by atoms with E-state index in [9.17, 15) is 14.9 Å². The molecule has 0 aliphatic rings. The first-order chi connectivity index (χ1) is 9.65. The quantitative estimate of drug-likeness (QED) is 0.476. The molecule has 0 spiro atoms. The summed E-state index contributed by atoms with van der Waals surface area (Å²) < 4.78 is 0. The van der Waals surface area contributed by atoms with Crippen LogP contribution >= 0.6 is 0 Å². The summed E-state index contributed by atoms with van der Waals surface area (Å²) >= 11 is 0. The van der Waals surface area contributed by atoms with Crippen LogP contribution in [0.1, 0.15) is 6.92 Å². The molecule has 1 aromatic heterocycles. The molecule has 0 saturated heterocycles. The minimum Gasteiger partial charge on any atom is -0.300 e. The highest BCUT2D eigenvalue weighted by Gasteiger charge is 2.08. The van der Waals surface area contributed by atoms with E-state index in [4.69, 9.17) is 0 Å². The second-order valence-electron chi connectivity index (χ2n) is 4.10. The van der Waals surface area contributed by atoms with Crippen molar-refractivity contribution in [2.24, 2.45) is 0 Å². The number of aromatic nitrogens is 1. The molecule has 2 aromatic rings. The summed E-state index contributed by atoms with van der Waals surface area (Å²) in [6.07, 6.45) is 2.33. The van der Waals surface area contributed by atoms with Gasteiger partial charge in [-0.3, -0.25) is 19.8 Å². The van der Waals surface area contributed by atoms with Gasteiger partial charge in [0.15, 0.2) is 0 Å². The number of pyridine rings is 1. The molecule has 1 aromatic carbocycles. The summed E-state index contributed by atoms with van der Waals surface area (Å²) in [6, 6.07) is 9.82. The second kappa shape index (κ2) is 5.92. The standard InChI is InChI=1S/C14H13N3O3/c1-2-16(10-18)14-9-12(7-8-15-14)11-3-5-13(6-4-11)17(19)20/h3-10H,2H2,1H3. The Morgan fingerprint density at radius 1 is 1.25 bits per heavy atom. The number of hydrogen-bond acceptors (Lipinski definition) is 4. The number of nitrogens with zero attached hydrogens (tertiary/aromatic N) is 3. The third-order valence-corrected chi connectivity index (χ3v) is 2.92. The third kappa shape index (κ3) is 2.80. The number of rotatable bonds is 5. The van der Waals surface area contributed by atoms with E-state index in [0.717, 1.165) is 17.5 Å². The Hall–Kier alpha value is -2.76. The first kappa shape index (κ1) is 13.7. The van der Waals surface area contributed by atoms with Gasteiger partial charge in [-0.15, -0.1) is 0 Å².